The number of nitrogens with zero attached hydrogens (tertiary/aromatic N) is 1. The normalized spacial score (nSPS) is 15.3. The van der Waals surface area contributed by atoms with E-state index in [2.05, 4.69) is 10.6 Å². The summed E-state index contributed by atoms with van der Waals surface area (Å²) in [4.78, 5) is 40.1. The van der Waals surface area contributed by atoms with E-state index in [1.54, 1.807) is 17.0 Å². The van der Waals surface area contributed by atoms with Crippen LogP contribution in [-0.2, 0) is 33.8 Å². The lowest BCUT2D eigenvalue weighted by molar-refractivity contribution is -0.123. The van der Waals surface area contributed by atoms with E-state index in [4.69, 9.17) is 14.2 Å². The Balaban J connectivity index is 1.29. The fourth-order valence-electron chi connectivity index (χ4n) is 5.35. The molecule has 252 valence electrons. The first-order valence-electron chi connectivity index (χ1n) is 16.2. The van der Waals surface area contributed by atoms with Gasteiger partial charge in [0.05, 0.1) is 6.61 Å². The van der Waals surface area contributed by atoms with Crippen LogP contribution in [0.5, 0.6) is 5.75 Å². The maximum absolute atomic E-state index is 14.8. The minimum absolute atomic E-state index is 0.0699. The van der Waals surface area contributed by atoms with Crippen LogP contribution in [0.1, 0.15) is 63.1 Å². The highest BCUT2D eigenvalue weighted by atomic mass is 19.1. The summed E-state index contributed by atoms with van der Waals surface area (Å²) in [5, 5.41) is 5.44. The largest absolute Gasteiger partial charge is 0.494 e. The first-order valence-corrected chi connectivity index (χ1v) is 16.2. The predicted molar refractivity (Wildman–Crippen MR) is 177 cm³/mol. The summed E-state index contributed by atoms with van der Waals surface area (Å²) in [7, 11) is 0. The molecule has 3 aromatic carbocycles. The fraction of sp³-hybridized carbons (Fsp3) is 0.432. The van der Waals surface area contributed by atoms with E-state index in [1.807, 2.05) is 81.4 Å². The number of carbonyl (C=O) groups excluding carboxylic acids is 3. The molecule has 1 fully saturated rings. The third-order valence-electron chi connectivity index (χ3n) is 7.82. The van der Waals surface area contributed by atoms with E-state index in [1.165, 1.54) is 6.07 Å². The van der Waals surface area contributed by atoms with Crippen LogP contribution >= 0.6 is 0 Å². The number of piperidine rings is 1. The third kappa shape index (κ3) is 12.3. The lowest BCUT2D eigenvalue weighted by atomic mass is 9.95. The molecule has 0 spiro atoms. The molecule has 0 bridgehead atoms. The van der Waals surface area contributed by atoms with E-state index in [9.17, 15) is 18.8 Å². The minimum Gasteiger partial charge on any atom is -0.494 e. The lowest BCUT2D eigenvalue weighted by Crippen LogP contribution is -2.47. The highest BCUT2D eigenvalue weighted by Crippen LogP contribution is 2.23. The van der Waals surface area contributed by atoms with Crippen LogP contribution in [0.4, 0.5) is 14.0 Å². The van der Waals surface area contributed by atoms with Gasteiger partial charge in [-0.05, 0) is 88.1 Å². The topological polar surface area (TPSA) is 106 Å². The SMILES string of the molecule is CC(C)(C)OC(=O)N1CCCC(CCOc2ccc(F)c(CNC(=O)[C@H](CCc3ccccc3)NC(=O)OCc3ccccc3)c2)C1. The molecule has 1 unspecified atom stereocenters. The maximum Gasteiger partial charge on any atom is 0.410 e. The molecule has 0 saturated carbocycles. The first-order chi connectivity index (χ1) is 22.6. The molecule has 1 heterocycles. The second-order valence-corrected chi connectivity index (χ2v) is 12.8. The number of amides is 3. The number of alkyl carbamates (subject to hydrolysis) is 1. The summed E-state index contributed by atoms with van der Waals surface area (Å²) in [5.41, 5.74) is 1.57. The van der Waals surface area contributed by atoms with Gasteiger partial charge in [0.25, 0.3) is 0 Å². The van der Waals surface area contributed by atoms with Crippen LogP contribution in [0.15, 0.2) is 78.9 Å². The molecule has 3 amide bonds. The molecule has 2 N–H and O–H groups in total. The average molecular weight is 648 g/mol. The van der Waals surface area contributed by atoms with Crippen molar-refractivity contribution in [1.29, 1.82) is 0 Å². The first kappa shape index (κ1) is 35.3. The molecular formula is C37H46FN3O6. The van der Waals surface area contributed by atoms with Crippen molar-refractivity contribution >= 4 is 18.1 Å². The smallest absolute Gasteiger partial charge is 0.410 e. The summed E-state index contributed by atoms with van der Waals surface area (Å²) in [6.45, 7) is 7.24. The summed E-state index contributed by atoms with van der Waals surface area (Å²) in [5.74, 6) is -0.168. The van der Waals surface area contributed by atoms with Crippen LogP contribution in [-0.4, -0.2) is 54.3 Å². The van der Waals surface area contributed by atoms with Gasteiger partial charge in [0.2, 0.25) is 5.91 Å². The maximum atomic E-state index is 14.8. The number of rotatable bonds is 13. The molecular weight excluding hydrogens is 601 g/mol. The number of hydrogen-bond donors (Lipinski definition) is 2. The van der Waals surface area contributed by atoms with Crippen LogP contribution < -0.4 is 15.4 Å². The molecule has 1 aliphatic heterocycles. The number of nitrogens with one attached hydrogen (secondary N) is 2. The molecule has 2 atom stereocenters. The van der Waals surface area contributed by atoms with Crippen molar-refractivity contribution in [3.8, 4) is 5.75 Å². The van der Waals surface area contributed by atoms with Crippen LogP contribution in [0.2, 0.25) is 0 Å². The Bertz CT molecular complexity index is 1450. The second kappa shape index (κ2) is 17.4. The van der Waals surface area contributed by atoms with Crippen molar-refractivity contribution in [3.63, 3.8) is 0 Å². The van der Waals surface area contributed by atoms with Crippen molar-refractivity contribution < 1.29 is 33.0 Å². The molecule has 1 saturated heterocycles. The summed E-state index contributed by atoms with van der Waals surface area (Å²) in [6, 6.07) is 22.5. The van der Waals surface area contributed by atoms with Gasteiger partial charge in [-0.2, -0.15) is 0 Å². The highest BCUT2D eigenvalue weighted by molar-refractivity contribution is 5.85. The quantitative estimate of drug-likeness (QED) is 0.212. The highest BCUT2D eigenvalue weighted by Gasteiger charge is 2.27. The Kier molecular flexibility index (Phi) is 13.0. The van der Waals surface area contributed by atoms with Gasteiger partial charge < -0.3 is 29.7 Å². The molecule has 0 aliphatic carbocycles. The average Bonchev–Trinajstić information content (AvgIpc) is 3.06. The van der Waals surface area contributed by atoms with E-state index >= 15 is 0 Å². The summed E-state index contributed by atoms with van der Waals surface area (Å²) in [6.07, 6.45) is 2.49. The van der Waals surface area contributed by atoms with Gasteiger partial charge in [-0.15, -0.1) is 0 Å². The molecule has 1 aliphatic rings. The molecule has 9 nitrogen and oxygen atoms in total. The van der Waals surface area contributed by atoms with Crippen LogP contribution in [0, 0.1) is 11.7 Å². The van der Waals surface area contributed by atoms with Gasteiger partial charge in [-0.3, -0.25) is 4.79 Å². The number of likely N-dealkylation sites (tertiary alicyclic amines) is 1. The summed E-state index contributed by atoms with van der Waals surface area (Å²) < 4.78 is 31.6. The molecule has 0 aromatic heterocycles. The number of carbonyl (C=O) groups is 3. The summed E-state index contributed by atoms with van der Waals surface area (Å²) >= 11 is 0. The van der Waals surface area contributed by atoms with Gasteiger partial charge in [0, 0.05) is 25.2 Å². The number of benzene rings is 3. The standard InChI is InChI=1S/C37H46FN3O6/c1-37(2,3)47-36(44)41-21-10-15-28(25-41)20-22-45-31-17-18-32(38)30(23-31)24-39-34(42)33(19-16-27-11-6-4-7-12-27)40-35(43)46-26-29-13-8-5-9-14-29/h4-9,11-14,17-18,23,28,33H,10,15-16,19-22,24-26H2,1-3H3,(H,39,42)(H,40,43)/t28?,33-/m0/s1. The number of ether oxygens (including phenoxy) is 3. The Morgan fingerprint density at radius 3 is 2.38 bits per heavy atom. The van der Waals surface area contributed by atoms with Crippen molar-refractivity contribution in [3.05, 3.63) is 101 Å². The molecule has 0 radical (unpaired) electrons. The minimum atomic E-state index is -0.892. The molecule has 3 aromatic rings. The van der Waals surface area contributed by atoms with Gasteiger partial charge in [0.15, 0.2) is 0 Å². The zero-order chi connectivity index (χ0) is 33.6. The van der Waals surface area contributed by atoms with E-state index in [-0.39, 0.29) is 30.7 Å². The zero-order valence-corrected chi connectivity index (χ0v) is 27.5. The third-order valence-corrected chi connectivity index (χ3v) is 7.82. The van der Waals surface area contributed by atoms with Crippen molar-refractivity contribution in [2.45, 2.75) is 77.7 Å². The molecule has 10 heteroatoms. The van der Waals surface area contributed by atoms with Gasteiger partial charge >= 0.3 is 12.2 Å². The Hall–Kier alpha value is -4.60. The van der Waals surface area contributed by atoms with Gasteiger partial charge in [0.1, 0.15) is 29.8 Å². The van der Waals surface area contributed by atoms with E-state index < -0.39 is 29.5 Å². The Labute approximate surface area is 276 Å². The Morgan fingerprint density at radius 1 is 0.979 bits per heavy atom. The van der Waals surface area contributed by atoms with Gasteiger partial charge in [-0.25, -0.2) is 14.0 Å². The molecule has 47 heavy (non-hydrogen) atoms. The van der Waals surface area contributed by atoms with Gasteiger partial charge in [-0.1, -0.05) is 60.7 Å². The number of aryl methyl sites for hydroxylation is 1. The fourth-order valence-corrected chi connectivity index (χ4v) is 5.35. The predicted octanol–water partition coefficient (Wildman–Crippen LogP) is 6.79. The zero-order valence-electron chi connectivity index (χ0n) is 27.5. The van der Waals surface area contributed by atoms with Crippen molar-refractivity contribution in [2.75, 3.05) is 19.7 Å². The van der Waals surface area contributed by atoms with E-state index in [0.29, 0.717) is 38.3 Å². The van der Waals surface area contributed by atoms with Crippen molar-refractivity contribution in [1.82, 2.24) is 15.5 Å². The van der Waals surface area contributed by atoms with Crippen LogP contribution in [0.25, 0.3) is 0 Å². The number of halogens is 1. The van der Waals surface area contributed by atoms with Crippen molar-refractivity contribution in [2.24, 2.45) is 5.92 Å². The number of hydrogen-bond acceptors (Lipinski definition) is 6. The lowest BCUT2D eigenvalue weighted by Gasteiger charge is -2.34. The van der Waals surface area contributed by atoms with E-state index in [0.717, 1.165) is 30.4 Å². The Morgan fingerprint density at radius 2 is 1.68 bits per heavy atom. The van der Waals surface area contributed by atoms with Crippen LogP contribution in [0.3, 0.4) is 0 Å². The second-order valence-electron chi connectivity index (χ2n) is 12.8. The molecule has 4 rings (SSSR count). The monoisotopic (exact) mass is 647 g/mol.